The minimum Gasteiger partial charge on any atom is -0.496 e. The minimum atomic E-state index is 0.101. The maximum Gasteiger partial charge on any atom is 0.226 e. The van der Waals surface area contributed by atoms with E-state index in [2.05, 4.69) is 15.9 Å². The van der Waals surface area contributed by atoms with Crippen LogP contribution in [0.2, 0.25) is 0 Å². The van der Waals surface area contributed by atoms with Crippen LogP contribution in [0.25, 0.3) is 0 Å². The van der Waals surface area contributed by atoms with Crippen LogP contribution >= 0.6 is 15.9 Å². The Morgan fingerprint density at radius 1 is 1.44 bits per heavy atom. The molecule has 0 aliphatic heterocycles. The lowest BCUT2D eigenvalue weighted by Gasteiger charge is -2.16. The number of ether oxygens (including phenoxy) is 1. The first-order valence-corrected chi connectivity index (χ1v) is 6.23. The Morgan fingerprint density at radius 2 is 2.12 bits per heavy atom. The van der Waals surface area contributed by atoms with Crippen LogP contribution in [0.1, 0.15) is 5.56 Å². The molecule has 16 heavy (non-hydrogen) atoms. The molecule has 0 aromatic heterocycles. The quantitative estimate of drug-likeness (QED) is 0.776. The van der Waals surface area contributed by atoms with Crippen LogP contribution < -0.4 is 4.74 Å². The topological polar surface area (TPSA) is 29.5 Å². The largest absolute Gasteiger partial charge is 0.496 e. The van der Waals surface area contributed by atoms with Gasteiger partial charge in [-0.25, -0.2) is 0 Å². The van der Waals surface area contributed by atoms with E-state index in [-0.39, 0.29) is 5.91 Å². The van der Waals surface area contributed by atoms with E-state index in [9.17, 15) is 4.79 Å². The van der Waals surface area contributed by atoms with Crippen molar-refractivity contribution in [3.05, 3.63) is 29.8 Å². The highest BCUT2D eigenvalue weighted by molar-refractivity contribution is 9.09. The van der Waals surface area contributed by atoms with Crippen LogP contribution in [0.5, 0.6) is 5.75 Å². The van der Waals surface area contributed by atoms with Gasteiger partial charge in [0.15, 0.2) is 0 Å². The molecule has 1 aromatic carbocycles. The van der Waals surface area contributed by atoms with Crippen molar-refractivity contribution in [2.75, 3.05) is 26.0 Å². The Morgan fingerprint density at radius 3 is 2.75 bits per heavy atom. The molecule has 4 heteroatoms. The zero-order valence-electron chi connectivity index (χ0n) is 9.57. The lowest BCUT2D eigenvalue weighted by Crippen LogP contribution is -2.29. The smallest absolute Gasteiger partial charge is 0.226 e. The molecule has 0 heterocycles. The molecule has 0 atom stereocenters. The molecule has 1 rings (SSSR count). The van der Waals surface area contributed by atoms with Crippen molar-refractivity contribution in [2.24, 2.45) is 0 Å². The van der Waals surface area contributed by atoms with Gasteiger partial charge in [-0.2, -0.15) is 0 Å². The highest BCUT2D eigenvalue weighted by Gasteiger charge is 2.11. The second-order valence-electron chi connectivity index (χ2n) is 3.49. The van der Waals surface area contributed by atoms with Gasteiger partial charge in [-0.1, -0.05) is 34.1 Å². The molecule has 0 N–H and O–H groups in total. The van der Waals surface area contributed by atoms with Crippen LogP contribution in [0.4, 0.5) is 0 Å². The van der Waals surface area contributed by atoms with Crippen LogP contribution in [-0.2, 0) is 11.2 Å². The summed E-state index contributed by atoms with van der Waals surface area (Å²) >= 11 is 3.31. The Hall–Kier alpha value is -1.03. The van der Waals surface area contributed by atoms with Gasteiger partial charge in [0.1, 0.15) is 5.75 Å². The summed E-state index contributed by atoms with van der Waals surface area (Å²) in [6.45, 7) is 0.716. The molecule has 0 radical (unpaired) electrons. The normalized spacial score (nSPS) is 9.94. The zero-order valence-corrected chi connectivity index (χ0v) is 11.2. The van der Waals surface area contributed by atoms with Crippen molar-refractivity contribution in [3.8, 4) is 5.75 Å². The molecule has 88 valence electrons. The molecule has 1 amide bonds. The summed E-state index contributed by atoms with van der Waals surface area (Å²) in [6, 6.07) is 7.59. The predicted octanol–water partition coefficient (Wildman–Crippen LogP) is 2.09. The summed E-state index contributed by atoms with van der Waals surface area (Å²) in [5.74, 6) is 0.868. The number of hydrogen-bond donors (Lipinski definition) is 0. The Labute approximate surface area is 105 Å². The Balaban J connectivity index is 2.69. The van der Waals surface area contributed by atoms with E-state index in [0.717, 1.165) is 16.6 Å². The van der Waals surface area contributed by atoms with Gasteiger partial charge in [0.05, 0.1) is 13.5 Å². The lowest BCUT2D eigenvalue weighted by atomic mass is 10.1. The molecular weight excluding hydrogens is 270 g/mol. The summed E-state index contributed by atoms with van der Waals surface area (Å²) < 4.78 is 5.21. The minimum absolute atomic E-state index is 0.101. The van der Waals surface area contributed by atoms with E-state index in [1.807, 2.05) is 24.3 Å². The van der Waals surface area contributed by atoms with Crippen LogP contribution in [-0.4, -0.2) is 36.8 Å². The Bertz CT molecular complexity index is 355. The number of para-hydroxylation sites is 1. The summed E-state index contributed by atoms with van der Waals surface area (Å²) in [5, 5.41) is 0.793. The number of amides is 1. The number of methoxy groups -OCH3 is 1. The monoisotopic (exact) mass is 285 g/mol. The van der Waals surface area contributed by atoms with Crippen molar-refractivity contribution in [1.82, 2.24) is 4.90 Å². The molecule has 0 spiro atoms. The third kappa shape index (κ3) is 3.52. The first-order valence-electron chi connectivity index (χ1n) is 5.11. The first kappa shape index (κ1) is 13.0. The van der Waals surface area contributed by atoms with E-state index in [1.165, 1.54) is 0 Å². The van der Waals surface area contributed by atoms with Gasteiger partial charge in [-0.05, 0) is 6.07 Å². The first-order chi connectivity index (χ1) is 7.69. The molecule has 0 aliphatic rings. The molecule has 1 aromatic rings. The molecule has 0 saturated carbocycles. The third-order valence-electron chi connectivity index (χ3n) is 2.38. The average molecular weight is 286 g/mol. The summed E-state index contributed by atoms with van der Waals surface area (Å²) in [6.07, 6.45) is 0.382. The number of hydrogen-bond acceptors (Lipinski definition) is 2. The summed E-state index contributed by atoms with van der Waals surface area (Å²) in [5.41, 5.74) is 0.927. The number of likely N-dealkylation sites (N-methyl/N-ethyl adjacent to an activating group) is 1. The van der Waals surface area contributed by atoms with Crippen molar-refractivity contribution < 1.29 is 9.53 Å². The van der Waals surface area contributed by atoms with Crippen LogP contribution in [0, 0.1) is 0 Å². The van der Waals surface area contributed by atoms with Gasteiger partial charge >= 0.3 is 0 Å². The van der Waals surface area contributed by atoms with Crippen molar-refractivity contribution in [3.63, 3.8) is 0 Å². The van der Waals surface area contributed by atoms with Gasteiger partial charge < -0.3 is 9.64 Å². The highest BCUT2D eigenvalue weighted by atomic mass is 79.9. The third-order valence-corrected chi connectivity index (χ3v) is 2.73. The predicted molar refractivity (Wildman–Crippen MR) is 68.1 cm³/mol. The summed E-state index contributed by atoms with van der Waals surface area (Å²) in [7, 11) is 3.42. The number of carbonyl (C=O) groups excluding carboxylic acids is 1. The average Bonchev–Trinajstić information content (AvgIpc) is 2.30. The van der Waals surface area contributed by atoms with E-state index in [1.54, 1.807) is 19.1 Å². The van der Waals surface area contributed by atoms with E-state index < -0.39 is 0 Å². The Kier molecular flexibility index (Phi) is 5.32. The van der Waals surface area contributed by atoms with Gasteiger partial charge in [0.2, 0.25) is 5.91 Å². The fraction of sp³-hybridized carbons (Fsp3) is 0.417. The lowest BCUT2D eigenvalue weighted by molar-refractivity contribution is -0.128. The molecule has 0 aliphatic carbocycles. The second-order valence-corrected chi connectivity index (χ2v) is 4.29. The van der Waals surface area contributed by atoms with Gasteiger partial charge in [-0.3, -0.25) is 4.79 Å². The highest BCUT2D eigenvalue weighted by Crippen LogP contribution is 2.18. The van der Waals surface area contributed by atoms with Gasteiger partial charge in [-0.15, -0.1) is 0 Å². The van der Waals surface area contributed by atoms with E-state index in [0.29, 0.717) is 13.0 Å². The van der Waals surface area contributed by atoms with E-state index in [4.69, 9.17) is 4.74 Å². The molecule has 0 saturated heterocycles. The van der Waals surface area contributed by atoms with E-state index >= 15 is 0 Å². The number of halogens is 1. The molecule has 0 bridgehead atoms. The fourth-order valence-corrected chi connectivity index (χ4v) is 1.93. The number of nitrogens with zero attached hydrogens (tertiary/aromatic N) is 1. The summed E-state index contributed by atoms with van der Waals surface area (Å²) in [4.78, 5) is 13.5. The maximum atomic E-state index is 11.8. The molecular formula is C12H16BrNO2. The fourth-order valence-electron chi connectivity index (χ4n) is 1.40. The van der Waals surface area contributed by atoms with Crippen molar-refractivity contribution >= 4 is 21.8 Å². The number of alkyl halides is 1. The van der Waals surface area contributed by atoms with Gasteiger partial charge in [0.25, 0.3) is 0 Å². The zero-order chi connectivity index (χ0) is 12.0. The van der Waals surface area contributed by atoms with Crippen LogP contribution in [0.15, 0.2) is 24.3 Å². The number of benzene rings is 1. The maximum absolute atomic E-state index is 11.8. The van der Waals surface area contributed by atoms with Crippen molar-refractivity contribution in [2.45, 2.75) is 6.42 Å². The van der Waals surface area contributed by atoms with Crippen LogP contribution in [0.3, 0.4) is 0 Å². The van der Waals surface area contributed by atoms with Gasteiger partial charge in [0, 0.05) is 24.5 Å². The second kappa shape index (κ2) is 6.53. The SMILES string of the molecule is COc1ccccc1CC(=O)N(C)CCBr. The molecule has 0 unspecified atom stereocenters. The number of rotatable bonds is 5. The van der Waals surface area contributed by atoms with Crippen molar-refractivity contribution in [1.29, 1.82) is 0 Å². The molecule has 3 nitrogen and oxygen atoms in total. The standard InChI is InChI=1S/C12H16BrNO2/c1-14(8-7-13)12(15)9-10-5-3-4-6-11(10)16-2/h3-6H,7-9H2,1-2H3. The number of carbonyl (C=O) groups is 1. The molecule has 0 fully saturated rings.